The standard InChI is InChI=1S/C22H26N6O4/c1-26-10-4-7-17(26)22(32)27-11-12-28(21(31)15-5-2-8-23-13-15)18(14-27)20(30)25-16-6-3-9-24-19(16)29/h2,4-5,7-8,10,13,16,18H,3,6,9,11-12,14H2,1H3,(H,24,29)(H,25,30)/t16-,18-/m1/s1. The lowest BCUT2D eigenvalue weighted by Gasteiger charge is -2.41. The van der Waals surface area contributed by atoms with Gasteiger partial charge in [0.2, 0.25) is 11.8 Å². The summed E-state index contributed by atoms with van der Waals surface area (Å²) in [5.41, 5.74) is 0.866. The smallest absolute Gasteiger partial charge is 0.270 e. The van der Waals surface area contributed by atoms with Crippen LogP contribution in [0.25, 0.3) is 0 Å². The zero-order chi connectivity index (χ0) is 22.7. The van der Waals surface area contributed by atoms with Gasteiger partial charge in [-0.15, -0.1) is 0 Å². The van der Waals surface area contributed by atoms with Gasteiger partial charge in [0.1, 0.15) is 17.8 Å². The van der Waals surface area contributed by atoms with Crippen molar-refractivity contribution in [3.8, 4) is 0 Å². The summed E-state index contributed by atoms with van der Waals surface area (Å²) in [5, 5.41) is 5.52. The number of piperidine rings is 1. The maximum atomic E-state index is 13.2. The van der Waals surface area contributed by atoms with E-state index in [1.165, 1.54) is 11.1 Å². The first-order valence-corrected chi connectivity index (χ1v) is 10.7. The second kappa shape index (κ2) is 9.21. The van der Waals surface area contributed by atoms with Crippen molar-refractivity contribution in [1.29, 1.82) is 0 Å². The minimum Gasteiger partial charge on any atom is -0.354 e. The van der Waals surface area contributed by atoms with Gasteiger partial charge in [0.05, 0.1) is 12.1 Å². The number of nitrogens with one attached hydrogen (secondary N) is 2. The molecule has 2 aliphatic heterocycles. The molecule has 4 rings (SSSR count). The maximum Gasteiger partial charge on any atom is 0.270 e. The van der Waals surface area contributed by atoms with Crippen LogP contribution in [-0.2, 0) is 16.6 Å². The molecule has 4 amide bonds. The van der Waals surface area contributed by atoms with Gasteiger partial charge in [-0.2, -0.15) is 0 Å². The first-order chi connectivity index (χ1) is 15.5. The second-order valence-electron chi connectivity index (χ2n) is 8.01. The fourth-order valence-electron chi connectivity index (χ4n) is 4.11. The summed E-state index contributed by atoms with van der Waals surface area (Å²) in [6, 6.07) is 5.23. The molecule has 10 nitrogen and oxygen atoms in total. The van der Waals surface area contributed by atoms with E-state index in [2.05, 4.69) is 15.6 Å². The first-order valence-electron chi connectivity index (χ1n) is 10.7. The largest absolute Gasteiger partial charge is 0.354 e. The molecule has 2 aromatic rings. The number of aromatic nitrogens is 2. The van der Waals surface area contributed by atoms with Gasteiger partial charge in [0.25, 0.3) is 11.8 Å². The molecule has 168 valence electrons. The number of hydrogen-bond donors (Lipinski definition) is 2. The molecular weight excluding hydrogens is 412 g/mol. The highest BCUT2D eigenvalue weighted by Crippen LogP contribution is 2.18. The van der Waals surface area contributed by atoms with Crippen molar-refractivity contribution in [2.24, 2.45) is 7.05 Å². The first kappa shape index (κ1) is 21.5. The van der Waals surface area contributed by atoms with Crippen LogP contribution in [-0.4, -0.2) is 81.2 Å². The minimum absolute atomic E-state index is 0.0379. The van der Waals surface area contributed by atoms with Crippen molar-refractivity contribution in [1.82, 2.24) is 30.0 Å². The van der Waals surface area contributed by atoms with Crippen molar-refractivity contribution in [2.75, 3.05) is 26.2 Å². The van der Waals surface area contributed by atoms with Crippen molar-refractivity contribution in [3.63, 3.8) is 0 Å². The number of carbonyl (C=O) groups excluding carboxylic acids is 4. The number of nitrogens with zero attached hydrogens (tertiary/aromatic N) is 4. The lowest BCUT2D eigenvalue weighted by atomic mass is 10.0. The molecule has 0 saturated carbocycles. The highest BCUT2D eigenvalue weighted by Gasteiger charge is 2.39. The van der Waals surface area contributed by atoms with E-state index < -0.39 is 18.0 Å². The van der Waals surface area contributed by atoms with E-state index in [0.29, 0.717) is 30.8 Å². The Kier molecular flexibility index (Phi) is 6.20. The Hall–Kier alpha value is -3.69. The average molecular weight is 438 g/mol. The maximum absolute atomic E-state index is 13.2. The summed E-state index contributed by atoms with van der Waals surface area (Å²) in [4.78, 5) is 58.6. The number of carbonyl (C=O) groups is 4. The zero-order valence-corrected chi connectivity index (χ0v) is 17.9. The van der Waals surface area contributed by atoms with E-state index >= 15 is 0 Å². The fraction of sp³-hybridized carbons (Fsp3) is 0.409. The van der Waals surface area contributed by atoms with Gasteiger partial charge < -0.3 is 25.0 Å². The number of aryl methyl sites for hydroxylation is 1. The Morgan fingerprint density at radius 3 is 2.69 bits per heavy atom. The number of pyridine rings is 1. The molecule has 0 aromatic carbocycles. The van der Waals surface area contributed by atoms with Gasteiger partial charge in [-0.25, -0.2) is 0 Å². The SMILES string of the molecule is Cn1cccc1C(=O)N1CCN(C(=O)c2cccnc2)[C@@H](C(=O)N[C@@H]2CCCNC2=O)C1. The third kappa shape index (κ3) is 4.34. The van der Waals surface area contributed by atoms with Gasteiger partial charge in [0.15, 0.2) is 0 Å². The van der Waals surface area contributed by atoms with E-state index in [9.17, 15) is 19.2 Å². The van der Waals surface area contributed by atoms with Gasteiger partial charge in [-0.3, -0.25) is 24.2 Å². The molecule has 2 atom stereocenters. The Morgan fingerprint density at radius 2 is 2.00 bits per heavy atom. The van der Waals surface area contributed by atoms with E-state index in [0.717, 1.165) is 6.42 Å². The van der Waals surface area contributed by atoms with Crippen LogP contribution in [0.3, 0.4) is 0 Å². The Bertz CT molecular complexity index is 1020. The summed E-state index contributed by atoms with van der Waals surface area (Å²) < 4.78 is 1.72. The predicted molar refractivity (Wildman–Crippen MR) is 115 cm³/mol. The molecule has 32 heavy (non-hydrogen) atoms. The molecule has 2 aromatic heterocycles. The molecule has 2 N–H and O–H groups in total. The summed E-state index contributed by atoms with van der Waals surface area (Å²) in [6.07, 6.45) is 6.10. The second-order valence-corrected chi connectivity index (χ2v) is 8.01. The van der Waals surface area contributed by atoms with Crippen LogP contribution in [0.5, 0.6) is 0 Å². The van der Waals surface area contributed by atoms with Crippen LogP contribution in [0.2, 0.25) is 0 Å². The van der Waals surface area contributed by atoms with Crippen molar-refractivity contribution in [2.45, 2.75) is 24.9 Å². The molecular formula is C22H26N6O4. The van der Waals surface area contributed by atoms with Crippen LogP contribution in [0.1, 0.15) is 33.7 Å². The van der Waals surface area contributed by atoms with Crippen molar-refractivity contribution < 1.29 is 19.2 Å². The molecule has 2 fully saturated rings. The Labute approximate surface area is 185 Å². The zero-order valence-electron chi connectivity index (χ0n) is 17.9. The molecule has 0 aliphatic carbocycles. The summed E-state index contributed by atoms with van der Waals surface area (Å²) in [7, 11) is 1.78. The van der Waals surface area contributed by atoms with Gasteiger partial charge in [-0.05, 0) is 37.1 Å². The van der Waals surface area contributed by atoms with Crippen LogP contribution in [0.15, 0.2) is 42.9 Å². The average Bonchev–Trinajstić information content (AvgIpc) is 3.25. The van der Waals surface area contributed by atoms with Gasteiger partial charge in [-0.1, -0.05) is 0 Å². The molecule has 4 heterocycles. The number of rotatable bonds is 4. The summed E-state index contributed by atoms with van der Waals surface area (Å²) in [5.74, 6) is -1.23. The Balaban J connectivity index is 1.56. The van der Waals surface area contributed by atoms with Crippen molar-refractivity contribution >= 4 is 23.6 Å². The molecule has 0 bridgehead atoms. The van der Waals surface area contributed by atoms with Crippen LogP contribution >= 0.6 is 0 Å². The lowest BCUT2D eigenvalue weighted by molar-refractivity contribution is -0.133. The van der Waals surface area contributed by atoms with E-state index in [-0.39, 0.29) is 30.8 Å². The monoisotopic (exact) mass is 438 g/mol. The minimum atomic E-state index is -0.921. The predicted octanol–water partition coefficient (Wildman–Crippen LogP) is -0.218. The number of hydrogen-bond acceptors (Lipinski definition) is 5. The molecule has 0 radical (unpaired) electrons. The van der Waals surface area contributed by atoms with Crippen LogP contribution < -0.4 is 10.6 Å². The van der Waals surface area contributed by atoms with Crippen LogP contribution in [0, 0.1) is 0 Å². The lowest BCUT2D eigenvalue weighted by Crippen LogP contribution is -2.63. The van der Waals surface area contributed by atoms with E-state index in [1.54, 1.807) is 53.2 Å². The summed E-state index contributed by atoms with van der Waals surface area (Å²) >= 11 is 0. The van der Waals surface area contributed by atoms with Crippen LogP contribution in [0.4, 0.5) is 0 Å². The molecule has 2 aliphatic rings. The summed E-state index contributed by atoms with van der Waals surface area (Å²) in [6.45, 7) is 1.11. The van der Waals surface area contributed by atoms with Crippen molar-refractivity contribution in [3.05, 3.63) is 54.1 Å². The molecule has 0 unspecified atom stereocenters. The normalized spacial score (nSPS) is 21.1. The molecule has 2 saturated heterocycles. The molecule has 10 heteroatoms. The number of piperazine rings is 1. The Morgan fingerprint density at radius 1 is 1.16 bits per heavy atom. The van der Waals surface area contributed by atoms with E-state index in [1.807, 2.05) is 0 Å². The third-order valence-corrected chi connectivity index (χ3v) is 5.90. The van der Waals surface area contributed by atoms with Gasteiger partial charge in [0, 0.05) is 45.3 Å². The van der Waals surface area contributed by atoms with Gasteiger partial charge >= 0.3 is 0 Å². The molecule has 0 spiro atoms. The fourth-order valence-corrected chi connectivity index (χ4v) is 4.11. The number of amides is 4. The topological polar surface area (TPSA) is 117 Å². The quantitative estimate of drug-likeness (QED) is 0.685. The highest BCUT2D eigenvalue weighted by molar-refractivity contribution is 5.99. The van der Waals surface area contributed by atoms with E-state index in [4.69, 9.17) is 0 Å². The third-order valence-electron chi connectivity index (χ3n) is 5.90. The highest BCUT2D eigenvalue weighted by atomic mass is 16.2.